The molecule has 0 bridgehead atoms. The van der Waals surface area contributed by atoms with E-state index in [9.17, 15) is 0 Å². The molecule has 0 unspecified atom stereocenters. The van der Waals surface area contributed by atoms with Crippen LogP contribution in [0.25, 0.3) is 10.9 Å². The summed E-state index contributed by atoms with van der Waals surface area (Å²) >= 11 is 17.3. The standard InChI is InChI=1S/C19H18Cl2N4S/c1-2-22-19(26)24-23-10-14-12-25(18-6-4-3-5-15(14)18)11-13-7-8-16(20)17(21)9-13/h3-10,12H,2,11H2,1H3,(H2,22,24,26). The maximum atomic E-state index is 6.14. The number of hydrogen-bond acceptors (Lipinski definition) is 2. The lowest BCUT2D eigenvalue weighted by Gasteiger charge is -2.06. The van der Waals surface area contributed by atoms with Crippen LogP contribution in [0.15, 0.2) is 53.8 Å². The Hall–Kier alpha value is -2.08. The number of benzene rings is 2. The summed E-state index contributed by atoms with van der Waals surface area (Å²) in [5, 5.41) is 9.96. The highest BCUT2D eigenvalue weighted by Gasteiger charge is 2.08. The highest BCUT2D eigenvalue weighted by atomic mass is 35.5. The zero-order valence-corrected chi connectivity index (χ0v) is 16.5. The second-order valence-electron chi connectivity index (χ2n) is 5.71. The lowest BCUT2D eigenvalue weighted by molar-refractivity contribution is 0.836. The van der Waals surface area contributed by atoms with E-state index in [0.717, 1.165) is 28.6 Å². The molecule has 0 amide bonds. The molecule has 0 saturated carbocycles. The molecule has 0 radical (unpaired) electrons. The highest BCUT2D eigenvalue weighted by molar-refractivity contribution is 7.80. The number of nitrogens with zero attached hydrogens (tertiary/aromatic N) is 2. The average molecular weight is 405 g/mol. The van der Waals surface area contributed by atoms with Crippen LogP contribution in [0.2, 0.25) is 10.0 Å². The molecule has 0 aliphatic rings. The lowest BCUT2D eigenvalue weighted by Crippen LogP contribution is -2.31. The van der Waals surface area contributed by atoms with Crippen LogP contribution in [0.1, 0.15) is 18.1 Å². The topological polar surface area (TPSA) is 41.4 Å². The zero-order chi connectivity index (χ0) is 18.5. The Morgan fingerprint density at radius 2 is 2.00 bits per heavy atom. The van der Waals surface area contributed by atoms with E-state index < -0.39 is 0 Å². The van der Waals surface area contributed by atoms with Crippen molar-refractivity contribution in [1.82, 2.24) is 15.3 Å². The van der Waals surface area contributed by atoms with E-state index in [-0.39, 0.29) is 0 Å². The number of nitrogens with one attached hydrogen (secondary N) is 2. The van der Waals surface area contributed by atoms with E-state index in [0.29, 0.717) is 21.7 Å². The van der Waals surface area contributed by atoms with E-state index in [2.05, 4.69) is 38.7 Å². The molecule has 3 rings (SSSR count). The van der Waals surface area contributed by atoms with E-state index >= 15 is 0 Å². The summed E-state index contributed by atoms with van der Waals surface area (Å²) in [6.45, 7) is 3.42. The Balaban J connectivity index is 1.88. The lowest BCUT2D eigenvalue weighted by atomic mass is 10.2. The van der Waals surface area contributed by atoms with Gasteiger partial charge < -0.3 is 9.88 Å². The van der Waals surface area contributed by atoms with Crippen molar-refractivity contribution < 1.29 is 0 Å². The first kappa shape index (κ1) is 18.7. The third-order valence-corrected chi connectivity index (χ3v) is 4.84. The number of aromatic nitrogens is 1. The normalized spacial score (nSPS) is 11.2. The Morgan fingerprint density at radius 3 is 2.77 bits per heavy atom. The van der Waals surface area contributed by atoms with E-state index in [1.807, 2.05) is 37.3 Å². The molecule has 4 nitrogen and oxygen atoms in total. The molecule has 7 heteroatoms. The summed E-state index contributed by atoms with van der Waals surface area (Å²) in [7, 11) is 0. The van der Waals surface area contributed by atoms with Crippen molar-refractivity contribution >= 4 is 57.6 Å². The highest BCUT2D eigenvalue weighted by Crippen LogP contribution is 2.25. The fourth-order valence-corrected chi connectivity index (χ4v) is 3.22. The van der Waals surface area contributed by atoms with Crippen LogP contribution in [0, 0.1) is 0 Å². The molecule has 26 heavy (non-hydrogen) atoms. The van der Waals surface area contributed by atoms with Gasteiger partial charge in [0.25, 0.3) is 0 Å². The van der Waals surface area contributed by atoms with Crippen molar-refractivity contribution in [2.45, 2.75) is 13.5 Å². The molecule has 1 heterocycles. The van der Waals surface area contributed by atoms with Crippen LogP contribution in [-0.2, 0) is 6.54 Å². The minimum Gasteiger partial charge on any atom is -0.362 e. The van der Waals surface area contributed by atoms with Crippen molar-refractivity contribution in [2.75, 3.05) is 6.54 Å². The first-order chi connectivity index (χ1) is 12.6. The second kappa shape index (κ2) is 8.54. The number of fused-ring (bicyclic) bond motifs is 1. The molecule has 3 aromatic rings. The fourth-order valence-electron chi connectivity index (χ4n) is 2.70. The van der Waals surface area contributed by atoms with Crippen LogP contribution >= 0.6 is 35.4 Å². The first-order valence-corrected chi connectivity index (χ1v) is 9.33. The van der Waals surface area contributed by atoms with Gasteiger partial charge in [0, 0.05) is 35.8 Å². The largest absolute Gasteiger partial charge is 0.362 e. The number of hydrogen-bond donors (Lipinski definition) is 2. The predicted octanol–water partition coefficient (Wildman–Crippen LogP) is 4.81. The molecule has 0 spiro atoms. The van der Waals surface area contributed by atoms with Crippen LogP contribution in [0.3, 0.4) is 0 Å². The monoisotopic (exact) mass is 404 g/mol. The Bertz CT molecular complexity index is 965. The van der Waals surface area contributed by atoms with E-state index in [4.69, 9.17) is 35.4 Å². The molecule has 0 atom stereocenters. The minimum atomic E-state index is 0.503. The maximum absolute atomic E-state index is 6.14. The Labute approximate surface area is 167 Å². The Morgan fingerprint density at radius 1 is 1.19 bits per heavy atom. The van der Waals surface area contributed by atoms with Crippen LogP contribution in [0.4, 0.5) is 0 Å². The van der Waals surface area contributed by atoms with Crippen molar-refractivity contribution in [3.05, 3.63) is 69.8 Å². The number of halogens is 2. The van der Waals surface area contributed by atoms with Crippen molar-refractivity contribution in [1.29, 1.82) is 0 Å². The SMILES string of the molecule is CCNC(=S)NN=Cc1cn(Cc2ccc(Cl)c(Cl)c2)c2ccccc12. The Kier molecular flexibility index (Phi) is 6.14. The van der Waals surface area contributed by atoms with Crippen molar-refractivity contribution in [3.8, 4) is 0 Å². The summed E-state index contributed by atoms with van der Waals surface area (Å²) in [4.78, 5) is 0. The van der Waals surface area contributed by atoms with Crippen LogP contribution < -0.4 is 10.7 Å². The molecular weight excluding hydrogens is 387 g/mol. The molecule has 0 aliphatic heterocycles. The quantitative estimate of drug-likeness (QED) is 0.364. The number of hydrazone groups is 1. The molecule has 1 aromatic heterocycles. The third kappa shape index (κ3) is 4.36. The summed E-state index contributed by atoms with van der Waals surface area (Å²) < 4.78 is 2.17. The number of rotatable bonds is 5. The smallest absolute Gasteiger partial charge is 0.186 e. The molecule has 0 fully saturated rings. The van der Waals surface area contributed by atoms with Gasteiger partial charge in [-0.15, -0.1) is 0 Å². The van der Waals surface area contributed by atoms with E-state index in [1.165, 1.54) is 0 Å². The van der Waals surface area contributed by atoms with Gasteiger partial charge in [0.15, 0.2) is 5.11 Å². The maximum Gasteiger partial charge on any atom is 0.186 e. The molecule has 2 aromatic carbocycles. The van der Waals surface area contributed by atoms with Crippen molar-refractivity contribution in [2.24, 2.45) is 5.10 Å². The fraction of sp³-hybridized carbons (Fsp3) is 0.158. The number of para-hydroxylation sites is 1. The second-order valence-corrected chi connectivity index (χ2v) is 6.93. The van der Waals surface area contributed by atoms with Gasteiger partial charge in [-0.1, -0.05) is 47.5 Å². The molecule has 0 saturated heterocycles. The molecule has 0 aliphatic carbocycles. The van der Waals surface area contributed by atoms with Gasteiger partial charge in [0.2, 0.25) is 0 Å². The van der Waals surface area contributed by atoms with Gasteiger partial charge in [-0.25, -0.2) is 0 Å². The average Bonchev–Trinajstić information content (AvgIpc) is 2.96. The van der Waals surface area contributed by atoms with Crippen LogP contribution in [-0.4, -0.2) is 22.4 Å². The summed E-state index contributed by atoms with van der Waals surface area (Å²) in [6, 6.07) is 13.9. The zero-order valence-electron chi connectivity index (χ0n) is 14.2. The van der Waals surface area contributed by atoms with Gasteiger partial charge in [0.05, 0.1) is 16.3 Å². The predicted molar refractivity (Wildman–Crippen MR) is 115 cm³/mol. The van der Waals surface area contributed by atoms with Gasteiger partial charge in [-0.3, -0.25) is 5.43 Å². The van der Waals surface area contributed by atoms with E-state index in [1.54, 1.807) is 6.21 Å². The molecular formula is C19H18Cl2N4S. The van der Waals surface area contributed by atoms with Gasteiger partial charge >= 0.3 is 0 Å². The third-order valence-electron chi connectivity index (χ3n) is 3.86. The molecule has 2 N–H and O–H groups in total. The minimum absolute atomic E-state index is 0.503. The number of thiocarbonyl (C=S) groups is 1. The van der Waals surface area contributed by atoms with Gasteiger partial charge in [-0.2, -0.15) is 5.10 Å². The summed E-state index contributed by atoms with van der Waals surface area (Å²) in [6.07, 6.45) is 3.84. The van der Waals surface area contributed by atoms with Gasteiger partial charge in [-0.05, 0) is 42.9 Å². The first-order valence-electron chi connectivity index (χ1n) is 8.17. The van der Waals surface area contributed by atoms with Crippen molar-refractivity contribution in [3.63, 3.8) is 0 Å². The summed E-state index contributed by atoms with van der Waals surface area (Å²) in [5.74, 6) is 0. The van der Waals surface area contributed by atoms with Crippen LogP contribution in [0.5, 0.6) is 0 Å². The summed E-state index contributed by atoms with van der Waals surface area (Å²) in [5.41, 5.74) is 6.02. The molecule has 134 valence electrons. The van der Waals surface area contributed by atoms with Gasteiger partial charge in [0.1, 0.15) is 0 Å².